The van der Waals surface area contributed by atoms with Crippen molar-refractivity contribution in [1.82, 2.24) is 0 Å². The molecule has 0 saturated heterocycles. The normalized spacial score (nSPS) is 11.2. The van der Waals surface area contributed by atoms with Gasteiger partial charge in [-0.15, -0.1) is 0 Å². The molecule has 1 unspecified atom stereocenters. The van der Waals surface area contributed by atoms with Gasteiger partial charge in [0.2, 0.25) is 0 Å². The molecule has 0 fully saturated rings. The minimum Gasteiger partial charge on any atom is -0.493 e. The topological polar surface area (TPSA) is 110 Å². The van der Waals surface area contributed by atoms with Crippen molar-refractivity contribution in [2.75, 3.05) is 32.8 Å². The summed E-state index contributed by atoms with van der Waals surface area (Å²) in [5.41, 5.74) is 2.42. The monoisotopic (exact) mass is 462 g/mol. The van der Waals surface area contributed by atoms with Crippen LogP contribution in [0.1, 0.15) is 22.7 Å². The summed E-state index contributed by atoms with van der Waals surface area (Å²) >= 11 is 0. The summed E-state index contributed by atoms with van der Waals surface area (Å²) < 4.78 is 22.3. The predicted molar refractivity (Wildman–Crippen MR) is 126 cm³/mol. The summed E-state index contributed by atoms with van der Waals surface area (Å²) in [5, 5.41) is 21.9. The second-order valence-electron chi connectivity index (χ2n) is 7.24. The molecule has 0 heterocycles. The summed E-state index contributed by atoms with van der Waals surface area (Å²) in [7, 11) is 2.97. The zero-order valence-corrected chi connectivity index (χ0v) is 19.0. The number of nitrogens with one attached hydrogen (secondary N) is 1. The number of anilines is 1. The van der Waals surface area contributed by atoms with E-state index in [1.807, 2.05) is 36.4 Å². The SMILES string of the molecule is COc1cc(OCCOCc2ccccc2)c(C(Nc2ccc(C#N)cc2)C(=O)O)cc1OC. The van der Waals surface area contributed by atoms with Crippen LogP contribution in [0.4, 0.5) is 5.69 Å². The van der Waals surface area contributed by atoms with Gasteiger partial charge in [0.25, 0.3) is 0 Å². The molecular weight excluding hydrogens is 436 g/mol. The highest BCUT2D eigenvalue weighted by atomic mass is 16.5. The Balaban J connectivity index is 1.79. The van der Waals surface area contributed by atoms with Gasteiger partial charge in [-0.2, -0.15) is 5.26 Å². The highest BCUT2D eigenvalue weighted by molar-refractivity contribution is 5.81. The number of benzene rings is 3. The van der Waals surface area contributed by atoms with E-state index in [0.29, 0.717) is 47.3 Å². The lowest BCUT2D eigenvalue weighted by Gasteiger charge is -2.21. The van der Waals surface area contributed by atoms with E-state index in [1.54, 1.807) is 36.4 Å². The molecule has 0 spiro atoms. The average molecular weight is 463 g/mol. The summed E-state index contributed by atoms with van der Waals surface area (Å²) in [6.07, 6.45) is 0. The minimum absolute atomic E-state index is 0.207. The van der Waals surface area contributed by atoms with Crippen molar-refractivity contribution < 1.29 is 28.8 Å². The summed E-state index contributed by atoms with van der Waals surface area (Å²) in [4.78, 5) is 12.2. The second-order valence-corrected chi connectivity index (χ2v) is 7.24. The number of ether oxygens (including phenoxy) is 4. The summed E-state index contributed by atoms with van der Waals surface area (Å²) in [5.74, 6) is 0.00304. The van der Waals surface area contributed by atoms with Crippen LogP contribution in [-0.4, -0.2) is 38.5 Å². The molecule has 0 aliphatic carbocycles. The summed E-state index contributed by atoms with van der Waals surface area (Å²) in [6.45, 7) is 0.961. The fourth-order valence-corrected chi connectivity index (χ4v) is 3.28. The maximum absolute atomic E-state index is 12.2. The molecule has 0 radical (unpaired) electrons. The molecule has 8 nitrogen and oxygen atoms in total. The third kappa shape index (κ3) is 6.40. The number of carboxylic acid groups (broad SMARTS) is 1. The van der Waals surface area contributed by atoms with Crippen LogP contribution >= 0.6 is 0 Å². The van der Waals surface area contributed by atoms with Gasteiger partial charge in [-0.1, -0.05) is 30.3 Å². The maximum atomic E-state index is 12.2. The van der Waals surface area contributed by atoms with Crippen LogP contribution in [0, 0.1) is 11.3 Å². The van der Waals surface area contributed by atoms with E-state index >= 15 is 0 Å². The lowest BCUT2D eigenvalue weighted by Crippen LogP contribution is -2.22. The highest BCUT2D eigenvalue weighted by Crippen LogP contribution is 2.38. The van der Waals surface area contributed by atoms with Gasteiger partial charge in [0, 0.05) is 17.3 Å². The molecule has 3 rings (SSSR count). The van der Waals surface area contributed by atoms with Crippen molar-refractivity contribution in [3.63, 3.8) is 0 Å². The average Bonchev–Trinajstić information content (AvgIpc) is 2.87. The first-order valence-electron chi connectivity index (χ1n) is 10.6. The number of hydrogen-bond acceptors (Lipinski definition) is 7. The highest BCUT2D eigenvalue weighted by Gasteiger charge is 2.26. The Bertz CT molecular complexity index is 1130. The van der Waals surface area contributed by atoms with E-state index in [2.05, 4.69) is 5.32 Å². The first-order chi connectivity index (χ1) is 16.5. The molecule has 2 N–H and O–H groups in total. The van der Waals surface area contributed by atoms with E-state index in [4.69, 9.17) is 24.2 Å². The van der Waals surface area contributed by atoms with E-state index in [0.717, 1.165) is 5.56 Å². The van der Waals surface area contributed by atoms with Crippen LogP contribution in [0.5, 0.6) is 17.2 Å². The third-order valence-corrected chi connectivity index (χ3v) is 5.00. The predicted octanol–water partition coefficient (Wildman–Crippen LogP) is 4.41. The molecule has 0 amide bonds. The van der Waals surface area contributed by atoms with E-state index in [1.165, 1.54) is 14.2 Å². The van der Waals surface area contributed by atoms with Crippen molar-refractivity contribution in [2.24, 2.45) is 0 Å². The molecule has 0 aliphatic heterocycles. The van der Waals surface area contributed by atoms with E-state index in [-0.39, 0.29) is 6.61 Å². The number of rotatable bonds is 12. The quantitative estimate of drug-likeness (QED) is 0.381. The zero-order chi connectivity index (χ0) is 24.3. The minimum atomic E-state index is -1.15. The molecule has 3 aromatic carbocycles. The van der Waals surface area contributed by atoms with Gasteiger partial charge >= 0.3 is 5.97 Å². The number of hydrogen-bond donors (Lipinski definition) is 2. The Morgan fingerprint density at radius 1 is 0.971 bits per heavy atom. The first kappa shape index (κ1) is 24.4. The Labute approximate surface area is 198 Å². The van der Waals surface area contributed by atoms with Crippen LogP contribution in [0.25, 0.3) is 0 Å². The Kier molecular flexibility index (Phi) is 8.72. The number of nitriles is 1. The van der Waals surface area contributed by atoms with Crippen LogP contribution in [0.3, 0.4) is 0 Å². The first-order valence-corrected chi connectivity index (χ1v) is 10.6. The fourth-order valence-electron chi connectivity index (χ4n) is 3.28. The summed E-state index contributed by atoms with van der Waals surface area (Å²) in [6, 6.07) is 20.3. The smallest absolute Gasteiger partial charge is 0.330 e. The number of methoxy groups -OCH3 is 2. The van der Waals surface area contributed by atoms with Crippen molar-refractivity contribution in [3.8, 4) is 23.3 Å². The number of carbonyl (C=O) groups is 1. The molecule has 0 aromatic heterocycles. The van der Waals surface area contributed by atoms with E-state index < -0.39 is 12.0 Å². The van der Waals surface area contributed by atoms with Gasteiger partial charge in [-0.25, -0.2) is 4.79 Å². The molecular formula is C26H26N2O6. The molecule has 1 atom stereocenters. The van der Waals surface area contributed by atoms with Crippen LogP contribution < -0.4 is 19.5 Å². The maximum Gasteiger partial charge on any atom is 0.330 e. The van der Waals surface area contributed by atoms with Crippen molar-refractivity contribution in [2.45, 2.75) is 12.6 Å². The standard InChI is InChI=1S/C26H26N2O6/c1-31-23-14-21(25(26(29)30)28-20-10-8-18(16-27)9-11-20)22(15-24(23)32-2)34-13-12-33-17-19-6-4-3-5-7-19/h3-11,14-15,25,28H,12-13,17H2,1-2H3,(H,29,30). The Morgan fingerprint density at radius 3 is 2.26 bits per heavy atom. The van der Waals surface area contributed by atoms with E-state index in [9.17, 15) is 9.90 Å². The van der Waals surface area contributed by atoms with Gasteiger partial charge in [0.15, 0.2) is 17.5 Å². The lowest BCUT2D eigenvalue weighted by molar-refractivity contribution is -0.138. The zero-order valence-electron chi connectivity index (χ0n) is 19.0. The number of carboxylic acids is 1. The van der Waals surface area contributed by atoms with Crippen LogP contribution in [-0.2, 0) is 16.1 Å². The van der Waals surface area contributed by atoms with Gasteiger partial charge in [0.1, 0.15) is 12.4 Å². The molecule has 3 aromatic rings. The molecule has 176 valence electrons. The van der Waals surface area contributed by atoms with Gasteiger partial charge in [0.05, 0.1) is 39.1 Å². The molecule has 0 saturated carbocycles. The van der Waals surface area contributed by atoms with Gasteiger partial charge < -0.3 is 29.4 Å². The second kappa shape index (κ2) is 12.1. The molecule has 8 heteroatoms. The van der Waals surface area contributed by atoms with Crippen molar-refractivity contribution >= 4 is 11.7 Å². The van der Waals surface area contributed by atoms with Gasteiger partial charge in [-0.3, -0.25) is 0 Å². The van der Waals surface area contributed by atoms with Gasteiger partial charge in [-0.05, 0) is 35.9 Å². The lowest BCUT2D eigenvalue weighted by atomic mass is 10.0. The van der Waals surface area contributed by atoms with Crippen LogP contribution in [0.2, 0.25) is 0 Å². The number of aliphatic carboxylic acids is 1. The Hall–Kier alpha value is -4.22. The molecule has 0 bridgehead atoms. The number of nitrogens with zero attached hydrogens (tertiary/aromatic N) is 1. The van der Waals surface area contributed by atoms with Crippen LogP contribution in [0.15, 0.2) is 66.7 Å². The largest absolute Gasteiger partial charge is 0.493 e. The molecule has 0 aliphatic rings. The third-order valence-electron chi connectivity index (χ3n) is 5.00. The van der Waals surface area contributed by atoms with Crippen molar-refractivity contribution in [1.29, 1.82) is 5.26 Å². The fraction of sp³-hybridized carbons (Fsp3) is 0.231. The Morgan fingerprint density at radius 2 is 1.65 bits per heavy atom. The molecule has 34 heavy (non-hydrogen) atoms. The van der Waals surface area contributed by atoms with Crippen molar-refractivity contribution in [3.05, 3.63) is 83.4 Å².